The average molecular weight is 424 g/mol. The summed E-state index contributed by atoms with van der Waals surface area (Å²) in [6.07, 6.45) is 7.60. The molecule has 156 valence electrons. The molecule has 7 heteroatoms. The van der Waals surface area contributed by atoms with Gasteiger partial charge in [0.1, 0.15) is 6.04 Å². The summed E-state index contributed by atoms with van der Waals surface area (Å²) in [5, 5.41) is 3.18. The first kappa shape index (κ1) is 20.6. The number of rotatable bonds is 6. The Labute approximate surface area is 180 Å². The van der Waals surface area contributed by atoms with Gasteiger partial charge < -0.3 is 5.32 Å². The molecule has 2 heterocycles. The van der Waals surface area contributed by atoms with Crippen molar-refractivity contribution < 1.29 is 14.4 Å². The van der Waals surface area contributed by atoms with E-state index in [0.29, 0.717) is 17.0 Å². The van der Waals surface area contributed by atoms with E-state index in [2.05, 4.69) is 10.3 Å². The highest BCUT2D eigenvalue weighted by Crippen LogP contribution is 2.34. The SMILES string of the molecule is O=C1C[C@H](C(=O)N(c2ccccc2)[C@@H](C(=O)NC2CCCC2)c2ccncc2)CS1. The third-order valence-corrected chi connectivity index (χ3v) is 6.77. The third-order valence-electron chi connectivity index (χ3n) is 5.71. The van der Waals surface area contributed by atoms with Gasteiger partial charge in [-0.1, -0.05) is 42.8 Å². The number of aromatic nitrogens is 1. The topological polar surface area (TPSA) is 79.4 Å². The molecule has 30 heavy (non-hydrogen) atoms. The van der Waals surface area contributed by atoms with Gasteiger partial charge in [0.2, 0.25) is 11.8 Å². The third kappa shape index (κ3) is 4.56. The van der Waals surface area contributed by atoms with Crippen molar-refractivity contribution in [3.05, 3.63) is 60.4 Å². The zero-order valence-electron chi connectivity index (χ0n) is 16.7. The molecule has 0 radical (unpaired) electrons. The molecule has 2 aliphatic rings. The first-order valence-corrected chi connectivity index (χ1v) is 11.4. The molecular weight excluding hydrogens is 398 g/mol. The van der Waals surface area contributed by atoms with Gasteiger partial charge in [-0.05, 0) is 42.7 Å². The summed E-state index contributed by atoms with van der Waals surface area (Å²) in [7, 11) is 0. The van der Waals surface area contributed by atoms with Gasteiger partial charge in [-0.2, -0.15) is 0 Å². The molecule has 1 saturated carbocycles. The van der Waals surface area contributed by atoms with Gasteiger partial charge in [0.05, 0.1) is 5.92 Å². The molecular formula is C23H25N3O3S. The number of hydrogen-bond acceptors (Lipinski definition) is 5. The van der Waals surface area contributed by atoms with Crippen LogP contribution in [0.5, 0.6) is 0 Å². The van der Waals surface area contributed by atoms with E-state index in [1.54, 1.807) is 29.4 Å². The quantitative estimate of drug-likeness (QED) is 0.769. The Morgan fingerprint density at radius 2 is 1.77 bits per heavy atom. The van der Waals surface area contributed by atoms with Crippen LogP contribution in [0.3, 0.4) is 0 Å². The summed E-state index contributed by atoms with van der Waals surface area (Å²) in [5.41, 5.74) is 1.35. The molecule has 4 rings (SSSR count). The van der Waals surface area contributed by atoms with E-state index in [4.69, 9.17) is 0 Å². The lowest BCUT2D eigenvalue weighted by Gasteiger charge is -2.33. The summed E-state index contributed by atoms with van der Waals surface area (Å²) in [6, 6.07) is 12.1. The molecule has 2 amide bonds. The first-order valence-electron chi connectivity index (χ1n) is 10.4. The van der Waals surface area contributed by atoms with Gasteiger partial charge >= 0.3 is 0 Å². The number of nitrogens with one attached hydrogen (secondary N) is 1. The smallest absolute Gasteiger partial charge is 0.248 e. The van der Waals surface area contributed by atoms with Crippen LogP contribution >= 0.6 is 11.8 Å². The highest BCUT2D eigenvalue weighted by molar-refractivity contribution is 8.14. The summed E-state index contributed by atoms with van der Waals surface area (Å²) >= 11 is 1.19. The Hall–Kier alpha value is -2.67. The summed E-state index contributed by atoms with van der Waals surface area (Å²) in [6.45, 7) is 0. The summed E-state index contributed by atoms with van der Waals surface area (Å²) in [4.78, 5) is 44.6. The van der Waals surface area contributed by atoms with E-state index in [0.717, 1.165) is 25.7 Å². The molecule has 1 aliphatic carbocycles. The molecule has 2 atom stereocenters. The average Bonchev–Trinajstić information content (AvgIpc) is 3.44. The van der Waals surface area contributed by atoms with Crippen LogP contribution in [-0.2, 0) is 14.4 Å². The van der Waals surface area contributed by atoms with Crippen molar-refractivity contribution >= 4 is 34.4 Å². The lowest BCUT2D eigenvalue weighted by molar-refractivity contribution is -0.129. The maximum atomic E-state index is 13.6. The minimum atomic E-state index is -0.816. The summed E-state index contributed by atoms with van der Waals surface area (Å²) < 4.78 is 0. The molecule has 1 N–H and O–H groups in total. The zero-order chi connectivity index (χ0) is 20.9. The largest absolute Gasteiger partial charge is 0.351 e. The van der Waals surface area contributed by atoms with Crippen molar-refractivity contribution in [2.75, 3.05) is 10.7 Å². The predicted octanol–water partition coefficient (Wildman–Crippen LogP) is 3.49. The van der Waals surface area contributed by atoms with Crippen molar-refractivity contribution in [2.45, 2.75) is 44.2 Å². The maximum Gasteiger partial charge on any atom is 0.248 e. The normalized spacial score (nSPS) is 20.1. The van der Waals surface area contributed by atoms with E-state index in [1.165, 1.54) is 11.8 Å². The van der Waals surface area contributed by atoms with E-state index < -0.39 is 12.0 Å². The van der Waals surface area contributed by atoms with Crippen molar-refractivity contribution in [1.29, 1.82) is 0 Å². The Bertz CT molecular complexity index is 900. The van der Waals surface area contributed by atoms with Crippen LogP contribution in [0.15, 0.2) is 54.9 Å². The zero-order valence-corrected chi connectivity index (χ0v) is 17.5. The van der Waals surface area contributed by atoms with Crippen molar-refractivity contribution in [3.8, 4) is 0 Å². The van der Waals surface area contributed by atoms with E-state index in [-0.39, 0.29) is 29.4 Å². The molecule has 0 spiro atoms. The number of para-hydroxylation sites is 1. The highest BCUT2D eigenvalue weighted by atomic mass is 32.2. The highest BCUT2D eigenvalue weighted by Gasteiger charge is 2.39. The Morgan fingerprint density at radius 3 is 2.40 bits per heavy atom. The van der Waals surface area contributed by atoms with Crippen LogP contribution in [0.4, 0.5) is 5.69 Å². The van der Waals surface area contributed by atoms with Crippen LogP contribution in [0.1, 0.15) is 43.7 Å². The standard InChI is InChI=1S/C23H25N3O3S/c27-20-14-17(15-30-20)23(29)26(19-8-2-1-3-9-19)21(16-10-12-24-13-11-16)22(28)25-18-6-4-5-7-18/h1-3,8-13,17-18,21H,4-7,14-15H2,(H,25,28)/t17-,21+/m0/s1. The second-order valence-corrected chi connectivity index (χ2v) is 8.88. The minimum Gasteiger partial charge on any atom is -0.351 e. The molecule has 1 saturated heterocycles. The lowest BCUT2D eigenvalue weighted by Crippen LogP contribution is -2.48. The van der Waals surface area contributed by atoms with Gasteiger partial charge in [0.15, 0.2) is 5.12 Å². The van der Waals surface area contributed by atoms with Gasteiger partial charge in [0, 0.05) is 36.3 Å². The molecule has 6 nitrogen and oxygen atoms in total. The molecule has 2 fully saturated rings. The number of anilines is 1. The van der Waals surface area contributed by atoms with E-state index >= 15 is 0 Å². The number of amides is 2. The fourth-order valence-electron chi connectivity index (χ4n) is 4.17. The van der Waals surface area contributed by atoms with Crippen LogP contribution in [0.2, 0.25) is 0 Å². The number of nitrogens with zero attached hydrogens (tertiary/aromatic N) is 2. The number of thioether (sulfide) groups is 1. The van der Waals surface area contributed by atoms with E-state index in [1.807, 2.05) is 30.3 Å². The van der Waals surface area contributed by atoms with E-state index in [9.17, 15) is 14.4 Å². The fourth-order valence-corrected chi connectivity index (χ4v) is 5.14. The molecule has 2 aromatic rings. The minimum absolute atomic E-state index is 0.0252. The van der Waals surface area contributed by atoms with Gasteiger partial charge in [-0.25, -0.2) is 0 Å². The Morgan fingerprint density at radius 1 is 1.07 bits per heavy atom. The van der Waals surface area contributed by atoms with Crippen molar-refractivity contribution in [2.24, 2.45) is 5.92 Å². The van der Waals surface area contributed by atoms with Gasteiger partial charge in [-0.3, -0.25) is 24.3 Å². The van der Waals surface area contributed by atoms with Crippen LogP contribution in [0.25, 0.3) is 0 Å². The number of pyridine rings is 1. The number of carbonyl (C=O) groups is 3. The molecule has 0 bridgehead atoms. The Balaban J connectivity index is 1.73. The number of hydrogen-bond donors (Lipinski definition) is 1. The van der Waals surface area contributed by atoms with Crippen LogP contribution < -0.4 is 10.2 Å². The van der Waals surface area contributed by atoms with Crippen LogP contribution in [-0.4, -0.2) is 33.7 Å². The molecule has 0 unspecified atom stereocenters. The summed E-state index contributed by atoms with van der Waals surface area (Å²) in [5.74, 6) is -0.356. The second-order valence-electron chi connectivity index (χ2n) is 7.80. The molecule has 1 aliphatic heterocycles. The van der Waals surface area contributed by atoms with Gasteiger partial charge in [0.25, 0.3) is 0 Å². The van der Waals surface area contributed by atoms with Crippen LogP contribution in [0, 0.1) is 5.92 Å². The van der Waals surface area contributed by atoms with Gasteiger partial charge in [-0.15, -0.1) is 0 Å². The Kier molecular flexibility index (Phi) is 6.47. The van der Waals surface area contributed by atoms with Crippen molar-refractivity contribution in [1.82, 2.24) is 10.3 Å². The fraction of sp³-hybridized carbons (Fsp3) is 0.391. The molecule has 1 aromatic carbocycles. The predicted molar refractivity (Wildman–Crippen MR) is 117 cm³/mol. The second kappa shape index (κ2) is 9.43. The number of benzene rings is 1. The number of carbonyl (C=O) groups excluding carboxylic acids is 3. The molecule has 1 aromatic heterocycles. The monoisotopic (exact) mass is 423 g/mol. The lowest BCUT2D eigenvalue weighted by atomic mass is 9.99. The maximum absolute atomic E-state index is 13.6. The van der Waals surface area contributed by atoms with Crippen molar-refractivity contribution in [3.63, 3.8) is 0 Å². The first-order chi connectivity index (χ1) is 14.6.